The van der Waals surface area contributed by atoms with Crippen molar-refractivity contribution in [1.29, 1.82) is 0 Å². The van der Waals surface area contributed by atoms with Crippen molar-refractivity contribution in [3.63, 3.8) is 0 Å². The summed E-state index contributed by atoms with van der Waals surface area (Å²) in [6, 6.07) is 4.16. The lowest BCUT2D eigenvalue weighted by atomic mass is 9.89. The van der Waals surface area contributed by atoms with Crippen LogP contribution in [0.3, 0.4) is 0 Å². The molecule has 102 valence electrons. The molecule has 0 aliphatic rings. The molecular formula is C14H15ClFNOS. The van der Waals surface area contributed by atoms with Gasteiger partial charge in [0.15, 0.2) is 0 Å². The van der Waals surface area contributed by atoms with Gasteiger partial charge < -0.3 is 10.8 Å². The Morgan fingerprint density at radius 3 is 2.63 bits per heavy atom. The highest BCUT2D eigenvalue weighted by Gasteiger charge is 2.25. The number of benzene rings is 1. The summed E-state index contributed by atoms with van der Waals surface area (Å²) in [7, 11) is 0. The summed E-state index contributed by atoms with van der Waals surface area (Å²) in [5.41, 5.74) is 8.30. The van der Waals surface area contributed by atoms with Crippen LogP contribution < -0.4 is 5.73 Å². The average molecular weight is 300 g/mol. The molecule has 1 aromatic heterocycles. The van der Waals surface area contributed by atoms with Gasteiger partial charge in [-0.1, -0.05) is 17.7 Å². The van der Waals surface area contributed by atoms with E-state index in [1.807, 2.05) is 17.7 Å². The van der Waals surface area contributed by atoms with Gasteiger partial charge in [-0.3, -0.25) is 0 Å². The quantitative estimate of drug-likeness (QED) is 0.905. The van der Waals surface area contributed by atoms with Gasteiger partial charge in [-0.2, -0.15) is 11.3 Å². The van der Waals surface area contributed by atoms with E-state index < -0.39 is 11.9 Å². The van der Waals surface area contributed by atoms with Gasteiger partial charge in [-0.05, 0) is 46.5 Å². The Morgan fingerprint density at radius 1 is 1.37 bits per heavy atom. The first-order chi connectivity index (χ1) is 9.04. The molecule has 2 rings (SSSR count). The Balaban J connectivity index is 2.37. The molecule has 5 heteroatoms. The molecule has 1 heterocycles. The minimum atomic E-state index is -0.737. The number of thiophene rings is 1. The maximum atomic E-state index is 13.1. The van der Waals surface area contributed by atoms with Crippen LogP contribution in [0.4, 0.5) is 4.39 Å². The van der Waals surface area contributed by atoms with E-state index in [1.165, 1.54) is 23.5 Å². The largest absolute Gasteiger partial charge is 0.388 e. The molecule has 3 N–H and O–H groups in total. The number of nitrogens with two attached hydrogens (primary N) is 1. The van der Waals surface area contributed by atoms with Crippen molar-refractivity contribution in [2.75, 3.05) is 6.54 Å². The number of aryl methyl sites for hydroxylation is 1. The Hall–Kier alpha value is -0.940. The summed E-state index contributed by atoms with van der Waals surface area (Å²) in [5, 5.41) is 14.6. The van der Waals surface area contributed by atoms with Crippen LogP contribution in [-0.2, 0) is 0 Å². The molecular weight excluding hydrogens is 285 g/mol. The van der Waals surface area contributed by atoms with Crippen LogP contribution in [0.15, 0.2) is 29.0 Å². The Bertz CT molecular complexity index is 572. The first-order valence-electron chi connectivity index (χ1n) is 5.90. The fourth-order valence-corrected chi connectivity index (χ4v) is 3.31. The van der Waals surface area contributed by atoms with Crippen LogP contribution in [0.2, 0.25) is 5.02 Å². The van der Waals surface area contributed by atoms with E-state index in [1.54, 1.807) is 6.07 Å². The Labute approximate surface area is 120 Å². The molecule has 2 aromatic rings. The van der Waals surface area contributed by atoms with Crippen molar-refractivity contribution in [2.45, 2.75) is 18.9 Å². The molecule has 2 unspecified atom stereocenters. The second-order valence-corrected chi connectivity index (χ2v) is 5.61. The molecule has 0 radical (unpaired) electrons. The summed E-state index contributed by atoms with van der Waals surface area (Å²) in [5.74, 6) is -0.743. The van der Waals surface area contributed by atoms with Crippen LogP contribution in [0.25, 0.3) is 0 Å². The van der Waals surface area contributed by atoms with E-state index in [0.717, 1.165) is 11.1 Å². The molecule has 0 saturated heterocycles. The highest BCUT2D eigenvalue weighted by atomic mass is 35.5. The molecule has 19 heavy (non-hydrogen) atoms. The van der Waals surface area contributed by atoms with Crippen LogP contribution in [0.5, 0.6) is 0 Å². The summed E-state index contributed by atoms with van der Waals surface area (Å²) >= 11 is 7.57. The molecule has 0 bridgehead atoms. The maximum absolute atomic E-state index is 13.1. The highest BCUT2D eigenvalue weighted by Crippen LogP contribution is 2.36. The third-order valence-corrected chi connectivity index (χ3v) is 4.42. The predicted octanol–water partition coefficient (Wildman–Crippen LogP) is 3.62. The van der Waals surface area contributed by atoms with E-state index in [4.69, 9.17) is 17.3 Å². The van der Waals surface area contributed by atoms with Gasteiger partial charge in [-0.25, -0.2) is 4.39 Å². The van der Waals surface area contributed by atoms with Crippen molar-refractivity contribution in [2.24, 2.45) is 5.73 Å². The van der Waals surface area contributed by atoms with Crippen molar-refractivity contribution in [3.8, 4) is 0 Å². The number of hydrogen-bond acceptors (Lipinski definition) is 3. The fourth-order valence-electron chi connectivity index (χ4n) is 2.12. The van der Waals surface area contributed by atoms with Gasteiger partial charge in [0.05, 0.1) is 6.10 Å². The summed E-state index contributed by atoms with van der Waals surface area (Å²) in [4.78, 5) is 0. The molecule has 0 aliphatic carbocycles. The molecule has 2 nitrogen and oxygen atoms in total. The summed E-state index contributed by atoms with van der Waals surface area (Å²) in [6.45, 7) is 2.18. The molecule has 0 amide bonds. The predicted molar refractivity (Wildman–Crippen MR) is 77.2 cm³/mol. The van der Waals surface area contributed by atoms with Crippen LogP contribution in [-0.4, -0.2) is 11.7 Å². The molecule has 1 aromatic carbocycles. The zero-order valence-electron chi connectivity index (χ0n) is 10.4. The normalized spacial score (nSPS) is 14.4. The third kappa shape index (κ3) is 2.98. The molecule has 0 aliphatic heterocycles. The van der Waals surface area contributed by atoms with Gasteiger partial charge >= 0.3 is 0 Å². The summed E-state index contributed by atoms with van der Waals surface area (Å²) < 4.78 is 13.1. The zero-order valence-corrected chi connectivity index (χ0v) is 12.0. The van der Waals surface area contributed by atoms with Crippen molar-refractivity contribution >= 4 is 22.9 Å². The first-order valence-corrected chi connectivity index (χ1v) is 7.22. The molecule has 0 fully saturated rings. The highest BCUT2D eigenvalue weighted by molar-refractivity contribution is 7.08. The number of halogens is 2. The van der Waals surface area contributed by atoms with E-state index >= 15 is 0 Å². The fraction of sp³-hybridized carbons (Fsp3) is 0.286. The lowest BCUT2D eigenvalue weighted by Crippen LogP contribution is -2.20. The van der Waals surface area contributed by atoms with E-state index in [9.17, 15) is 9.50 Å². The van der Waals surface area contributed by atoms with E-state index in [-0.39, 0.29) is 12.5 Å². The van der Waals surface area contributed by atoms with Crippen molar-refractivity contribution in [3.05, 3.63) is 56.5 Å². The number of rotatable bonds is 4. The smallest absolute Gasteiger partial charge is 0.124 e. The number of aliphatic hydroxyl groups excluding tert-OH is 1. The van der Waals surface area contributed by atoms with Crippen LogP contribution in [0, 0.1) is 12.7 Å². The van der Waals surface area contributed by atoms with Gasteiger partial charge in [-0.15, -0.1) is 0 Å². The van der Waals surface area contributed by atoms with Gasteiger partial charge in [0, 0.05) is 17.5 Å². The van der Waals surface area contributed by atoms with Gasteiger partial charge in [0.2, 0.25) is 0 Å². The second-order valence-electron chi connectivity index (χ2n) is 4.46. The van der Waals surface area contributed by atoms with Crippen molar-refractivity contribution in [1.82, 2.24) is 0 Å². The third-order valence-electron chi connectivity index (χ3n) is 3.21. The number of aliphatic hydroxyl groups is 1. The van der Waals surface area contributed by atoms with Crippen LogP contribution in [0.1, 0.15) is 28.7 Å². The van der Waals surface area contributed by atoms with Gasteiger partial charge in [0.1, 0.15) is 5.82 Å². The first kappa shape index (κ1) is 14.5. The second kappa shape index (κ2) is 6.01. The Kier molecular flexibility index (Phi) is 4.58. The SMILES string of the molecule is Cc1cscc1C(O)C(CN)c1ccc(F)cc1Cl. The lowest BCUT2D eigenvalue weighted by molar-refractivity contribution is 0.147. The lowest BCUT2D eigenvalue weighted by Gasteiger charge is -2.23. The monoisotopic (exact) mass is 299 g/mol. The Morgan fingerprint density at radius 2 is 2.11 bits per heavy atom. The molecule has 0 spiro atoms. The van der Waals surface area contributed by atoms with Crippen molar-refractivity contribution < 1.29 is 9.50 Å². The minimum absolute atomic E-state index is 0.238. The standard InChI is InChI=1S/C14H15ClFNOS/c1-8-6-19-7-12(8)14(18)11(5-17)10-3-2-9(16)4-13(10)15/h2-4,6-7,11,14,18H,5,17H2,1H3. The van der Waals surface area contributed by atoms with Crippen LogP contribution >= 0.6 is 22.9 Å². The summed E-state index contributed by atoms with van der Waals surface area (Å²) in [6.07, 6.45) is -0.737. The zero-order chi connectivity index (χ0) is 14.0. The average Bonchev–Trinajstić information content (AvgIpc) is 2.78. The molecule has 0 saturated carbocycles. The topological polar surface area (TPSA) is 46.2 Å². The maximum Gasteiger partial charge on any atom is 0.124 e. The molecule has 2 atom stereocenters. The van der Waals surface area contributed by atoms with E-state index in [2.05, 4.69) is 0 Å². The number of hydrogen-bond donors (Lipinski definition) is 2. The van der Waals surface area contributed by atoms with Gasteiger partial charge in [0.25, 0.3) is 0 Å². The van der Waals surface area contributed by atoms with E-state index in [0.29, 0.717) is 10.6 Å². The minimum Gasteiger partial charge on any atom is -0.388 e.